The first-order valence-corrected chi connectivity index (χ1v) is 10.1. The van der Waals surface area contributed by atoms with E-state index in [9.17, 15) is 0 Å². The summed E-state index contributed by atoms with van der Waals surface area (Å²) < 4.78 is 1.26. The van der Waals surface area contributed by atoms with Gasteiger partial charge in [0.15, 0.2) is 0 Å². The molecule has 0 spiro atoms. The van der Waals surface area contributed by atoms with E-state index in [0.717, 1.165) is 12.5 Å². The molecular weight excluding hydrogens is 338 g/mol. The van der Waals surface area contributed by atoms with E-state index in [-0.39, 0.29) is 0 Å². The van der Waals surface area contributed by atoms with Gasteiger partial charge in [-0.05, 0) is 84.1 Å². The summed E-state index contributed by atoms with van der Waals surface area (Å²) >= 11 is 7.58. The Morgan fingerprint density at radius 1 is 1.37 bits per heavy atom. The molecule has 108 valence electrons. The van der Waals surface area contributed by atoms with Gasteiger partial charge in [0.1, 0.15) is 0 Å². The highest BCUT2D eigenvalue weighted by molar-refractivity contribution is 9.11. The van der Waals surface area contributed by atoms with Crippen LogP contribution in [0.4, 0.5) is 0 Å². The SMILES string of the molecule is CCCNC(Cc1ccc(Br)s1)CC1CCSCC1. The smallest absolute Gasteiger partial charge is 0.0701 e. The van der Waals surface area contributed by atoms with E-state index in [1.165, 1.54) is 52.3 Å². The summed E-state index contributed by atoms with van der Waals surface area (Å²) in [4.78, 5) is 1.51. The van der Waals surface area contributed by atoms with Crippen molar-refractivity contribution in [3.05, 3.63) is 20.8 Å². The lowest BCUT2D eigenvalue weighted by atomic mass is 9.92. The molecule has 0 amide bonds. The molecule has 1 aliphatic heterocycles. The molecule has 1 unspecified atom stereocenters. The quantitative estimate of drug-likeness (QED) is 0.736. The molecule has 0 aromatic carbocycles. The second-order valence-electron chi connectivity index (χ2n) is 5.35. The van der Waals surface area contributed by atoms with Crippen LogP contribution in [0.15, 0.2) is 15.9 Å². The Labute approximate surface area is 134 Å². The van der Waals surface area contributed by atoms with E-state index in [1.54, 1.807) is 0 Å². The Bertz CT molecular complexity index is 361. The van der Waals surface area contributed by atoms with E-state index in [1.807, 2.05) is 11.3 Å². The fraction of sp³-hybridized carbons (Fsp3) is 0.733. The zero-order valence-electron chi connectivity index (χ0n) is 11.7. The Morgan fingerprint density at radius 2 is 2.16 bits per heavy atom. The zero-order chi connectivity index (χ0) is 13.5. The maximum Gasteiger partial charge on any atom is 0.0701 e. The molecule has 1 N–H and O–H groups in total. The predicted octanol–water partition coefficient (Wildman–Crippen LogP) is 4.95. The third-order valence-electron chi connectivity index (χ3n) is 3.72. The maximum atomic E-state index is 3.76. The number of halogens is 1. The van der Waals surface area contributed by atoms with Gasteiger partial charge in [-0.3, -0.25) is 0 Å². The third-order valence-corrected chi connectivity index (χ3v) is 6.41. The summed E-state index contributed by atoms with van der Waals surface area (Å²) in [6.07, 6.45) is 6.62. The van der Waals surface area contributed by atoms with Crippen LogP contribution in [0.5, 0.6) is 0 Å². The molecule has 0 bridgehead atoms. The van der Waals surface area contributed by atoms with Crippen LogP contribution in [0.3, 0.4) is 0 Å². The molecule has 1 fully saturated rings. The van der Waals surface area contributed by atoms with Crippen molar-refractivity contribution in [2.75, 3.05) is 18.1 Å². The Hall–Kier alpha value is 0.490. The molecule has 1 nitrogen and oxygen atoms in total. The highest BCUT2D eigenvalue weighted by Crippen LogP contribution is 2.29. The molecule has 0 saturated carbocycles. The van der Waals surface area contributed by atoms with Gasteiger partial charge in [-0.15, -0.1) is 11.3 Å². The lowest BCUT2D eigenvalue weighted by Crippen LogP contribution is -2.34. The molecule has 19 heavy (non-hydrogen) atoms. The summed E-state index contributed by atoms with van der Waals surface area (Å²) in [5, 5.41) is 3.76. The first-order chi connectivity index (χ1) is 9.28. The summed E-state index contributed by atoms with van der Waals surface area (Å²) in [5.41, 5.74) is 0. The fourth-order valence-corrected chi connectivity index (χ4v) is 5.44. The Morgan fingerprint density at radius 3 is 2.79 bits per heavy atom. The van der Waals surface area contributed by atoms with Crippen LogP contribution in [0.25, 0.3) is 0 Å². The highest BCUT2D eigenvalue weighted by Gasteiger charge is 2.19. The van der Waals surface area contributed by atoms with Gasteiger partial charge in [-0.2, -0.15) is 11.8 Å². The van der Waals surface area contributed by atoms with Crippen LogP contribution < -0.4 is 5.32 Å². The first-order valence-electron chi connectivity index (χ1n) is 7.33. The van der Waals surface area contributed by atoms with Crippen LogP contribution in [0.1, 0.15) is 37.5 Å². The standard InChI is InChI=1S/C15H24BrNS2/c1-2-7-17-13(10-12-5-8-18-9-6-12)11-14-3-4-15(16)19-14/h3-4,12-13,17H,2,5-11H2,1H3. The minimum absolute atomic E-state index is 0.665. The molecule has 1 aliphatic rings. The van der Waals surface area contributed by atoms with Gasteiger partial charge in [-0.25, -0.2) is 0 Å². The summed E-state index contributed by atoms with van der Waals surface area (Å²) in [7, 11) is 0. The number of thiophene rings is 1. The third kappa shape index (κ3) is 5.78. The fourth-order valence-electron chi connectivity index (χ4n) is 2.68. The van der Waals surface area contributed by atoms with Crippen molar-refractivity contribution >= 4 is 39.0 Å². The van der Waals surface area contributed by atoms with Crippen molar-refractivity contribution in [2.45, 2.75) is 45.1 Å². The maximum absolute atomic E-state index is 3.76. The van der Waals surface area contributed by atoms with Gasteiger partial charge in [-0.1, -0.05) is 6.92 Å². The summed E-state index contributed by atoms with van der Waals surface area (Å²) in [6.45, 7) is 3.40. The highest BCUT2D eigenvalue weighted by atomic mass is 79.9. The van der Waals surface area contributed by atoms with Crippen LogP contribution in [0.2, 0.25) is 0 Å². The van der Waals surface area contributed by atoms with Crippen LogP contribution in [-0.4, -0.2) is 24.1 Å². The van der Waals surface area contributed by atoms with Crippen LogP contribution in [-0.2, 0) is 6.42 Å². The minimum Gasteiger partial charge on any atom is -0.314 e. The first kappa shape index (κ1) is 15.9. The Balaban J connectivity index is 1.86. The van der Waals surface area contributed by atoms with Crippen molar-refractivity contribution in [3.63, 3.8) is 0 Å². The van der Waals surface area contributed by atoms with E-state index in [0.29, 0.717) is 6.04 Å². The minimum atomic E-state index is 0.665. The van der Waals surface area contributed by atoms with E-state index < -0.39 is 0 Å². The number of hydrogen-bond acceptors (Lipinski definition) is 3. The largest absolute Gasteiger partial charge is 0.314 e. The van der Waals surface area contributed by atoms with E-state index in [2.05, 4.69) is 52.1 Å². The number of rotatable bonds is 7. The van der Waals surface area contributed by atoms with Crippen molar-refractivity contribution in [3.8, 4) is 0 Å². The summed E-state index contributed by atoms with van der Waals surface area (Å²) in [6, 6.07) is 5.11. The lowest BCUT2D eigenvalue weighted by Gasteiger charge is -2.27. The molecule has 1 aromatic rings. The van der Waals surface area contributed by atoms with Gasteiger partial charge in [0.2, 0.25) is 0 Å². The number of hydrogen-bond donors (Lipinski definition) is 1. The number of nitrogens with one attached hydrogen (secondary N) is 1. The topological polar surface area (TPSA) is 12.0 Å². The monoisotopic (exact) mass is 361 g/mol. The molecule has 2 heterocycles. The molecule has 1 atom stereocenters. The van der Waals surface area contributed by atoms with Gasteiger partial charge >= 0.3 is 0 Å². The van der Waals surface area contributed by atoms with Crippen LogP contribution >= 0.6 is 39.0 Å². The van der Waals surface area contributed by atoms with Crippen molar-refractivity contribution in [1.82, 2.24) is 5.32 Å². The van der Waals surface area contributed by atoms with Crippen LogP contribution in [0, 0.1) is 5.92 Å². The van der Waals surface area contributed by atoms with Crippen molar-refractivity contribution in [2.24, 2.45) is 5.92 Å². The molecule has 0 radical (unpaired) electrons. The summed E-state index contributed by atoms with van der Waals surface area (Å²) in [5.74, 6) is 3.69. The van der Waals surface area contributed by atoms with Crippen molar-refractivity contribution < 1.29 is 0 Å². The van der Waals surface area contributed by atoms with Gasteiger partial charge in [0.05, 0.1) is 3.79 Å². The molecule has 1 saturated heterocycles. The molecule has 4 heteroatoms. The second kappa shape index (κ2) is 8.71. The predicted molar refractivity (Wildman–Crippen MR) is 92.5 cm³/mol. The average Bonchev–Trinajstić information content (AvgIpc) is 2.82. The normalized spacial score (nSPS) is 18.6. The second-order valence-corrected chi connectivity index (χ2v) is 9.12. The molecular formula is C15H24BrNS2. The van der Waals surface area contributed by atoms with Gasteiger partial charge < -0.3 is 5.32 Å². The van der Waals surface area contributed by atoms with E-state index in [4.69, 9.17) is 0 Å². The average molecular weight is 362 g/mol. The molecule has 0 aliphatic carbocycles. The van der Waals surface area contributed by atoms with Gasteiger partial charge in [0, 0.05) is 10.9 Å². The number of thioether (sulfide) groups is 1. The molecule has 2 rings (SSSR count). The zero-order valence-corrected chi connectivity index (χ0v) is 14.9. The van der Waals surface area contributed by atoms with Crippen molar-refractivity contribution in [1.29, 1.82) is 0 Å². The van der Waals surface area contributed by atoms with E-state index >= 15 is 0 Å². The Kier molecular flexibility index (Phi) is 7.27. The molecule has 1 aromatic heterocycles. The lowest BCUT2D eigenvalue weighted by molar-refractivity contribution is 0.363. The van der Waals surface area contributed by atoms with Gasteiger partial charge in [0.25, 0.3) is 0 Å².